The number of nitrogens with zero attached hydrogens (tertiary/aromatic N) is 2. The van der Waals surface area contributed by atoms with Crippen LogP contribution < -0.4 is 5.84 Å². The standard InChI is InChI=1S/C4H10N3/c1-6(5)7-2-4(7)3-7/h4H,2-3,5H2,1H3/q+1. The van der Waals surface area contributed by atoms with Crippen molar-refractivity contribution in [3.05, 3.63) is 0 Å². The van der Waals surface area contributed by atoms with Crippen molar-refractivity contribution in [2.75, 3.05) is 20.1 Å². The fourth-order valence-corrected chi connectivity index (χ4v) is 1.10. The predicted molar refractivity (Wildman–Crippen MR) is 25.7 cm³/mol. The Labute approximate surface area is 42.8 Å². The minimum atomic E-state index is 0.926. The van der Waals surface area contributed by atoms with Gasteiger partial charge in [-0.1, -0.05) is 5.12 Å². The largest absolute Gasteiger partial charge is 0.224 e. The SMILES string of the molecule is CN(N)[N+]12CC1C2. The normalized spacial score (nSPS) is 54.4. The van der Waals surface area contributed by atoms with Crippen LogP contribution >= 0.6 is 0 Å². The van der Waals surface area contributed by atoms with E-state index in [4.69, 9.17) is 5.84 Å². The van der Waals surface area contributed by atoms with E-state index in [-0.39, 0.29) is 0 Å². The first-order valence-corrected chi connectivity index (χ1v) is 2.61. The highest BCUT2D eigenvalue weighted by Crippen LogP contribution is 2.47. The maximum Gasteiger partial charge on any atom is 0.210 e. The van der Waals surface area contributed by atoms with Crippen molar-refractivity contribution in [1.82, 2.24) is 5.12 Å². The minimum absolute atomic E-state index is 0.926. The van der Waals surface area contributed by atoms with Crippen LogP contribution in [0.2, 0.25) is 0 Å². The van der Waals surface area contributed by atoms with Crippen molar-refractivity contribution in [3.8, 4) is 0 Å². The van der Waals surface area contributed by atoms with Gasteiger partial charge in [-0.05, 0) is 0 Å². The molecular weight excluding hydrogens is 90.1 g/mol. The van der Waals surface area contributed by atoms with Gasteiger partial charge < -0.3 is 0 Å². The molecule has 0 aliphatic carbocycles. The van der Waals surface area contributed by atoms with Crippen LogP contribution in [0.25, 0.3) is 0 Å². The summed E-state index contributed by atoms with van der Waals surface area (Å²) in [5.74, 6) is 5.48. The number of hydrogen-bond donors (Lipinski definition) is 1. The average Bonchev–Trinajstić information content (AvgIpc) is 2.04. The van der Waals surface area contributed by atoms with E-state index in [9.17, 15) is 0 Å². The molecule has 0 aromatic rings. The molecule has 0 spiro atoms. The molecule has 3 heteroatoms. The van der Waals surface area contributed by atoms with Gasteiger partial charge in [0.15, 0.2) is 13.1 Å². The van der Waals surface area contributed by atoms with E-state index >= 15 is 0 Å². The summed E-state index contributed by atoms with van der Waals surface area (Å²) in [5.41, 5.74) is 0. The maximum absolute atomic E-state index is 5.48. The third-order valence-electron chi connectivity index (χ3n) is 2.09. The zero-order chi connectivity index (χ0) is 5.07. The fourth-order valence-electron chi connectivity index (χ4n) is 1.10. The molecule has 0 radical (unpaired) electrons. The molecular formula is C4H10N3+. The minimum Gasteiger partial charge on any atom is -0.224 e. The van der Waals surface area contributed by atoms with Crippen LogP contribution in [-0.4, -0.2) is 35.9 Å². The summed E-state index contributed by atoms with van der Waals surface area (Å²) in [6.45, 7) is 2.60. The molecule has 2 fully saturated rings. The molecule has 2 N–H and O–H groups in total. The van der Waals surface area contributed by atoms with E-state index < -0.39 is 0 Å². The number of rotatable bonds is 1. The molecule has 0 amide bonds. The second kappa shape index (κ2) is 0.727. The Hall–Kier alpha value is -0.120. The van der Waals surface area contributed by atoms with Crippen LogP contribution in [0.3, 0.4) is 0 Å². The number of fused-ring (bicyclic) bond motifs is 1. The highest BCUT2D eigenvalue weighted by atomic mass is 16.0. The molecule has 2 aliphatic rings. The molecule has 2 heterocycles. The molecule has 7 heavy (non-hydrogen) atoms. The summed E-state index contributed by atoms with van der Waals surface area (Å²) < 4.78 is 1.08. The van der Waals surface area contributed by atoms with E-state index in [2.05, 4.69) is 0 Å². The van der Waals surface area contributed by atoms with Gasteiger partial charge in [0.05, 0.1) is 7.05 Å². The van der Waals surface area contributed by atoms with Crippen molar-refractivity contribution in [3.63, 3.8) is 0 Å². The summed E-state index contributed by atoms with van der Waals surface area (Å²) in [7, 11) is 1.94. The zero-order valence-corrected chi connectivity index (χ0v) is 4.46. The Morgan fingerprint density at radius 3 is 2.14 bits per heavy atom. The molecule has 2 saturated heterocycles. The number of hydrogen-bond acceptors (Lipinski definition) is 2. The van der Waals surface area contributed by atoms with Gasteiger partial charge >= 0.3 is 0 Å². The topological polar surface area (TPSA) is 29.3 Å². The number of quaternary nitrogens is 1. The highest BCUT2D eigenvalue weighted by Gasteiger charge is 2.77. The average molecular weight is 100 g/mol. The number of hydrazine groups is 1. The number of nitrogens with two attached hydrogens (primary N) is 1. The first-order chi connectivity index (χ1) is 3.26. The first-order valence-electron chi connectivity index (χ1n) is 2.61. The summed E-state index contributed by atoms with van der Waals surface area (Å²) in [6.07, 6.45) is 0. The molecule has 2 aliphatic heterocycles. The van der Waals surface area contributed by atoms with Gasteiger partial charge in [0.1, 0.15) is 0 Å². The van der Waals surface area contributed by atoms with Crippen molar-refractivity contribution < 1.29 is 4.59 Å². The predicted octanol–water partition coefficient (Wildman–Crippen LogP) is -1.08. The van der Waals surface area contributed by atoms with Gasteiger partial charge in [0.2, 0.25) is 6.04 Å². The van der Waals surface area contributed by atoms with Gasteiger partial charge in [-0.25, -0.2) is 10.4 Å². The lowest BCUT2D eigenvalue weighted by molar-refractivity contribution is -0.841. The fraction of sp³-hybridized carbons (Fsp3) is 1.00. The van der Waals surface area contributed by atoms with Crippen molar-refractivity contribution >= 4 is 0 Å². The van der Waals surface area contributed by atoms with E-state index in [0.717, 1.165) is 10.6 Å². The smallest absolute Gasteiger partial charge is 0.210 e. The summed E-state index contributed by atoms with van der Waals surface area (Å²) in [6, 6.07) is 0.926. The Bertz CT molecular complexity index is 104. The van der Waals surface area contributed by atoms with Crippen molar-refractivity contribution in [2.24, 2.45) is 5.84 Å². The molecule has 0 unspecified atom stereocenters. The molecule has 40 valence electrons. The molecule has 0 aromatic heterocycles. The summed E-state index contributed by atoms with van der Waals surface area (Å²) in [4.78, 5) is 0. The molecule has 0 atom stereocenters. The molecule has 2 rings (SSSR count). The molecule has 0 aromatic carbocycles. The third kappa shape index (κ3) is 0.277. The Balaban J connectivity index is 2.08. The Kier molecular flexibility index (Phi) is 0.398. The van der Waals surface area contributed by atoms with Gasteiger partial charge in [-0.3, -0.25) is 0 Å². The lowest BCUT2D eigenvalue weighted by Gasteiger charge is -2.10. The highest BCUT2D eigenvalue weighted by molar-refractivity contribution is 4.87. The van der Waals surface area contributed by atoms with E-state index in [1.807, 2.05) is 12.2 Å². The second-order valence-corrected chi connectivity index (χ2v) is 2.58. The molecule has 0 saturated carbocycles. The first kappa shape index (κ1) is 3.83. The third-order valence-corrected chi connectivity index (χ3v) is 2.09. The van der Waals surface area contributed by atoms with Gasteiger partial charge in [0.25, 0.3) is 0 Å². The van der Waals surface area contributed by atoms with Gasteiger partial charge in [-0.15, -0.1) is 0 Å². The Morgan fingerprint density at radius 1 is 1.71 bits per heavy atom. The molecule has 0 bridgehead atoms. The summed E-state index contributed by atoms with van der Waals surface area (Å²) in [5, 5.41) is 1.81. The monoisotopic (exact) mass is 100 g/mol. The van der Waals surface area contributed by atoms with Crippen LogP contribution in [-0.2, 0) is 0 Å². The van der Waals surface area contributed by atoms with Crippen molar-refractivity contribution in [1.29, 1.82) is 0 Å². The van der Waals surface area contributed by atoms with Crippen LogP contribution in [0.5, 0.6) is 0 Å². The van der Waals surface area contributed by atoms with Gasteiger partial charge in [-0.2, -0.15) is 0 Å². The van der Waals surface area contributed by atoms with Crippen LogP contribution in [0.1, 0.15) is 0 Å². The quantitative estimate of drug-likeness (QED) is 0.196. The molecule has 3 nitrogen and oxygen atoms in total. The summed E-state index contributed by atoms with van der Waals surface area (Å²) >= 11 is 0. The Morgan fingerprint density at radius 2 is 2.14 bits per heavy atom. The van der Waals surface area contributed by atoms with Crippen LogP contribution in [0.4, 0.5) is 0 Å². The van der Waals surface area contributed by atoms with Crippen LogP contribution in [0.15, 0.2) is 0 Å². The van der Waals surface area contributed by atoms with Gasteiger partial charge in [0, 0.05) is 0 Å². The van der Waals surface area contributed by atoms with Crippen molar-refractivity contribution in [2.45, 2.75) is 6.04 Å². The second-order valence-electron chi connectivity index (χ2n) is 2.58. The van der Waals surface area contributed by atoms with Crippen LogP contribution in [0, 0.1) is 0 Å². The van der Waals surface area contributed by atoms with E-state index in [0.29, 0.717) is 0 Å². The zero-order valence-electron chi connectivity index (χ0n) is 4.46. The lowest BCUT2D eigenvalue weighted by Crippen LogP contribution is -2.39. The van der Waals surface area contributed by atoms with E-state index in [1.54, 1.807) is 0 Å². The lowest BCUT2D eigenvalue weighted by atomic mass is 10.6. The van der Waals surface area contributed by atoms with E-state index in [1.165, 1.54) is 13.1 Å². The maximum atomic E-state index is 5.48.